The average Bonchev–Trinajstić information content (AvgIpc) is 3.07. The van der Waals surface area contributed by atoms with Crippen LogP contribution in [-0.2, 0) is 17.8 Å². The van der Waals surface area contributed by atoms with Crippen molar-refractivity contribution in [3.8, 4) is 6.07 Å². The highest BCUT2D eigenvalue weighted by molar-refractivity contribution is 7.15. The normalized spacial score (nSPS) is 10.0. The van der Waals surface area contributed by atoms with Crippen LogP contribution in [0.3, 0.4) is 0 Å². The second-order valence-corrected chi connectivity index (χ2v) is 6.42. The van der Waals surface area contributed by atoms with Gasteiger partial charge in [-0.05, 0) is 23.3 Å². The molecule has 0 fully saturated rings. The van der Waals surface area contributed by atoms with Crippen molar-refractivity contribution in [1.82, 2.24) is 4.98 Å². The maximum atomic E-state index is 11.8. The molecule has 0 aliphatic heterocycles. The molecule has 5 nitrogen and oxygen atoms in total. The summed E-state index contributed by atoms with van der Waals surface area (Å²) in [5.74, 6) is 0. The van der Waals surface area contributed by atoms with Gasteiger partial charge in [-0.3, -0.25) is 5.32 Å². The Hall–Kier alpha value is -3.17. The first-order valence-electron chi connectivity index (χ1n) is 7.64. The Labute approximate surface area is 149 Å². The van der Waals surface area contributed by atoms with Gasteiger partial charge >= 0.3 is 6.09 Å². The van der Waals surface area contributed by atoms with E-state index >= 15 is 0 Å². The van der Waals surface area contributed by atoms with E-state index in [0.29, 0.717) is 17.1 Å². The Morgan fingerprint density at radius 2 is 1.96 bits per heavy atom. The SMILES string of the molecule is N#Cc1cccc(Cc2cnc(NC(=O)OCc3ccccc3)s2)c1. The average molecular weight is 349 g/mol. The summed E-state index contributed by atoms with van der Waals surface area (Å²) >= 11 is 1.39. The number of carbonyl (C=O) groups is 1. The van der Waals surface area contributed by atoms with Gasteiger partial charge in [-0.1, -0.05) is 42.5 Å². The third-order valence-electron chi connectivity index (χ3n) is 3.41. The molecule has 1 amide bonds. The van der Waals surface area contributed by atoms with E-state index < -0.39 is 6.09 Å². The van der Waals surface area contributed by atoms with Crippen LogP contribution in [0.25, 0.3) is 0 Å². The zero-order chi connectivity index (χ0) is 17.5. The summed E-state index contributed by atoms with van der Waals surface area (Å²) in [6.07, 6.45) is 1.85. The van der Waals surface area contributed by atoms with Gasteiger partial charge in [0.25, 0.3) is 0 Å². The number of aromatic nitrogens is 1. The molecule has 3 rings (SSSR count). The van der Waals surface area contributed by atoms with Crippen LogP contribution >= 0.6 is 11.3 Å². The van der Waals surface area contributed by atoms with E-state index in [1.165, 1.54) is 11.3 Å². The maximum Gasteiger partial charge on any atom is 0.413 e. The Morgan fingerprint density at radius 1 is 1.16 bits per heavy atom. The molecule has 0 unspecified atom stereocenters. The Morgan fingerprint density at radius 3 is 2.76 bits per heavy atom. The van der Waals surface area contributed by atoms with Crippen LogP contribution in [0.2, 0.25) is 0 Å². The van der Waals surface area contributed by atoms with E-state index in [9.17, 15) is 4.79 Å². The van der Waals surface area contributed by atoms with Gasteiger partial charge in [-0.2, -0.15) is 5.26 Å². The molecule has 0 atom stereocenters. The van der Waals surface area contributed by atoms with E-state index in [1.54, 1.807) is 12.3 Å². The van der Waals surface area contributed by atoms with Crippen LogP contribution in [0.4, 0.5) is 9.93 Å². The predicted molar refractivity (Wildman–Crippen MR) is 96.3 cm³/mol. The number of benzene rings is 2. The smallest absolute Gasteiger partial charge is 0.413 e. The van der Waals surface area contributed by atoms with Crippen LogP contribution in [0, 0.1) is 11.3 Å². The van der Waals surface area contributed by atoms with Crippen molar-refractivity contribution in [3.05, 3.63) is 82.4 Å². The standard InChI is InChI=1S/C19H15N3O2S/c20-11-16-8-4-7-15(9-16)10-17-12-21-18(25-17)22-19(23)24-13-14-5-2-1-3-6-14/h1-9,12H,10,13H2,(H,21,22,23). The van der Waals surface area contributed by atoms with Crippen molar-refractivity contribution in [3.63, 3.8) is 0 Å². The highest BCUT2D eigenvalue weighted by Crippen LogP contribution is 2.21. The van der Waals surface area contributed by atoms with Crippen molar-refractivity contribution in [2.45, 2.75) is 13.0 Å². The molecule has 0 saturated carbocycles. The van der Waals surface area contributed by atoms with Crippen LogP contribution in [0.5, 0.6) is 0 Å². The van der Waals surface area contributed by atoms with Gasteiger partial charge in [0, 0.05) is 17.5 Å². The molecule has 3 aromatic rings. The molecule has 1 N–H and O–H groups in total. The summed E-state index contributed by atoms with van der Waals surface area (Å²) < 4.78 is 5.17. The second kappa shape index (κ2) is 8.08. The number of carbonyl (C=O) groups excluding carboxylic acids is 1. The lowest BCUT2D eigenvalue weighted by Crippen LogP contribution is -2.13. The molecule has 0 spiro atoms. The minimum absolute atomic E-state index is 0.214. The summed E-state index contributed by atoms with van der Waals surface area (Å²) in [6, 6.07) is 19.0. The monoisotopic (exact) mass is 349 g/mol. The Kier molecular flexibility index (Phi) is 5.39. The van der Waals surface area contributed by atoms with E-state index in [0.717, 1.165) is 16.0 Å². The molecule has 2 aromatic carbocycles. The number of nitrogens with one attached hydrogen (secondary N) is 1. The Balaban J connectivity index is 1.54. The van der Waals surface area contributed by atoms with Gasteiger partial charge < -0.3 is 4.74 Å². The lowest BCUT2D eigenvalue weighted by molar-refractivity contribution is 0.155. The molecule has 6 heteroatoms. The fraction of sp³-hybridized carbons (Fsp3) is 0.105. The van der Waals surface area contributed by atoms with Crippen LogP contribution < -0.4 is 5.32 Å². The highest BCUT2D eigenvalue weighted by Gasteiger charge is 2.08. The molecule has 0 aliphatic rings. The third kappa shape index (κ3) is 4.90. The summed E-state index contributed by atoms with van der Waals surface area (Å²) in [6.45, 7) is 0.214. The van der Waals surface area contributed by atoms with Crippen molar-refractivity contribution in [1.29, 1.82) is 5.26 Å². The summed E-state index contributed by atoms with van der Waals surface area (Å²) in [5, 5.41) is 12.1. The number of nitriles is 1. The number of ether oxygens (including phenoxy) is 1. The minimum Gasteiger partial charge on any atom is -0.444 e. The first kappa shape index (κ1) is 16.7. The van der Waals surface area contributed by atoms with Gasteiger partial charge in [0.15, 0.2) is 5.13 Å². The van der Waals surface area contributed by atoms with Crippen molar-refractivity contribution in [2.75, 3.05) is 5.32 Å². The van der Waals surface area contributed by atoms with Gasteiger partial charge in [0.2, 0.25) is 0 Å². The quantitative estimate of drug-likeness (QED) is 0.743. The molecule has 0 radical (unpaired) electrons. The molecule has 0 saturated heterocycles. The predicted octanol–water partition coefficient (Wildman–Crippen LogP) is 4.35. The van der Waals surface area contributed by atoms with E-state index in [1.807, 2.05) is 48.5 Å². The van der Waals surface area contributed by atoms with Crippen LogP contribution in [-0.4, -0.2) is 11.1 Å². The molecule has 0 bridgehead atoms. The number of nitrogens with zero attached hydrogens (tertiary/aromatic N) is 2. The topological polar surface area (TPSA) is 75.0 Å². The third-order valence-corrected chi connectivity index (χ3v) is 4.32. The van der Waals surface area contributed by atoms with Crippen molar-refractivity contribution in [2.24, 2.45) is 0 Å². The zero-order valence-electron chi connectivity index (χ0n) is 13.3. The molecule has 124 valence electrons. The Bertz CT molecular complexity index is 900. The molecule has 1 aromatic heterocycles. The molecular formula is C19H15N3O2S. The zero-order valence-corrected chi connectivity index (χ0v) is 14.1. The van der Waals surface area contributed by atoms with E-state index in [-0.39, 0.29) is 6.61 Å². The van der Waals surface area contributed by atoms with Gasteiger partial charge in [0.1, 0.15) is 6.61 Å². The van der Waals surface area contributed by atoms with E-state index in [4.69, 9.17) is 10.00 Å². The minimum atomic E-state index is -0.531. The summed E-state index contributed by atoms with van der Waals surface area (Å²) in [7, 11) is 0. The van der Waals surface area contributed by atoms with Crippen LogP contribution in [0.15, 0.2) is 60.8 Å². The summed E-state index contributed by atoms with van der Waals surface area (Å²) in [4.78, 5) is 17.0. The first-order valence-corrected chi connectivity index (χ1v) is 8.46. The fourth-order valence-corrected chi connectivity index (χ4v) is 3.08. The molecule has 1 heterocycles. The van der Waals surface area contributed by atoms with Crippen LogP contribution in [0.1, 0.15) is 21.6 Å². The maximum absolute atomic E-state index is 11.8. The molecule has 25 heavy (non-hydrogen) atoms. The fourth-order valence-electron chi connectivity index (χ4n) is 2.25. The number of hydrogen-bond donors (Lipinski definition) is 1. The highest BCUT2D eigenvalue weighted by atomic mass is 32.1. The lowest BCUT2D eigenvalue weighted by atomic mass is 10.1. The molecular weight excluding hydrogens is 334 g/mol. The first-order chi connectivity index (χ1) is 12.2. The second-order valence-electron chi connectivity index (χ2n) is 5.31. The van der Waals surface area contributed by atoms with Crippen molar-refractivity contribution >= 4 is 22.6 Å². The molecule has 0 aliphatic carbocycles. The lowest BCUT2D eigenvalue weighted by Gasteiger charge is -2.04. The number of hydrogen-bond acceptors (Lipinski definition) is 5. The summed E-state index contributed by atoms with van der Waals surface area (Å²) in [5.41, 5.74) is 2.58. The van der Waals surface area contributed by atoms with E-state index in [2.05, 4.69) is 16.4 Å². The number of anilines is 1. The largest absolute Gasteiger partial charge is 0.444 e. The van der Waals surface area contributed by atoms with Gasteiger partial charge in [0.05, 0.1) is 11.6 Å². The van der Waals surface area contributed by atoms with Gasteiger partial charge in [-0.25, -0.2) is 9.78 Å². The number of rotatable bonds is 5. The van der Waals surface area contributed by atoms with Gasteiger partial charge in [-0.15, -0.1) is 11.3 Å². The number of thiazole rings is 1. The van der Waals surface area contributed by atoms with Crippen molar-refractivity contribution < 1.29 is 9.53 Å². The number of amides is 1.